The minimum Gasteiger partial charge on any atom is -0.382 e. The molecule has 0 N–H and O–H groups in total. The highest BCUT2D eigenvalue weighted by molar-refractivity contribution is 6.60. The SMILES string of the molecule is COCCOCCOCCOCC(C)C[Si](OC)(OC)OC. The Labute approximate surface area is 135 Å². The molecule has 0 heterocycles. The molecule has 0 aliphatic heterocycles. The first-order chi connectivity index (χ1) is 10.6. The van der Waals surface area contributed by atoms with E-state index >= 15 is 0 Å². The largest absolute Gasteiger partial charge is 0.500 e. The lowest BCUT2D eigenvalue weighted by molar-refractivity contribution is -0.000816. The van der Waals surface area contributed by atoms with Crippen LogP contribution in [-0.4, -0.2) is 83.5 Å². The number of hydrogen-bond donors (Lipinski definition) is 0. The second-order valence-electron chi connectivity index (χ2n) is 4.90. The first-order valence-corrected chi connectivity index (χ1v) is 9.45. The number of ether oxygens (including phenoxy) is 4. The molecule has 0 bridgehead atoms. The highest BCUT2D eigenvalue weighted by Crippen LogP contribution is 2.19. The van der Waals surface area contributed by atoms with Crippen LogP contribution in [0.3, 0.4) is 0 Å². The predicted molar refractivity (Wildman–Crippen MR) is 85.1 cm³/mol. The molecule has 0 spiro atoms. The summed E-state index contributed by atoms with van der Waals surface area (Å²) in [7, 11) is 3.99. The fourth-order valence-electron chi connectivity index (χ4n) is 1.85. The zero-order chi connectivity index (χ0) is 16.7. The molecule has 0 aliphatic rings. The van der Waals surface area contributed by atoms with E-state index in [0.29, 0.717) is 52.2 Å². The van der Waals surface area contributed by atoms with Crippen LogP contribution in [0.4, 0.5) is 0 Å². The summed E-state index contributed by atoms with van der Waals surface area (Å²) in [4.78, 5) is 0. The molecule has 0 amide bonds. The van der Waals surface area contributed by atoms with Crippen LogP contribution in [0.15, 0.2) is 0 Å². The van der Waals surface area contributed by atoms with Crippen molar-refractivity contribution in [2.45, 2.75) is 13.0 Å². The van der Waals surface area contributed by atoms with Gasteiger partial charge >= 0.3 is 8.80 Å². The fraction of sp³-hybridized carbons (Fsp3) is 1.00. The lowest BCUT2D eigenvalue weighted by Gasteiger charge is -2.27. The zero-order valence-electron chi connectivity index (χ0n) is 14.6. The minimum atomic E-state index is -2.52. The van der Waals surface area contributed by atoms with E-state index in [1.54, 1.807) is 28.4 Å². The van der Waals surface area contributed by atoms with Crippen molar-refractivity contribution in [1.29, 1.82) is 0 Å². The van der Waals surface area contributed by atoms with Crippen molar-refractivity contribution < 1.29 is 32.2 Å². The van der Waals surface area contributed by atoms with E-state index in [2.05, 4.69) is 6.92 Å². The fourth-order valence-corrected chi connectivity index (χ4v) is 3.82. The highest BCUT2D eigenvalue weighted by atomic mass is 28.4. The molecule has 0 aromatic carbocycles. The molecular formula is C14H32O7Si. The van der Waals surface area contributed by atoms with Crippen LogP contribution < -0.4 is 0 Å². The van der Waals surface area contributed by atoms with Gasteiger partial charge in [0.1, 0.15) is 0 Å². The maximum absolute atomic E-state index is 5.59. The van der Waals surface area contributed by atoms with Gasteiger partial charge in [-0.1, -0.05) is 6.92 Å². The Balaban J connectivity index is 3.51. The standard InChI is InChI=1S/C14H32O7Si/c1-14(13-22(16-3,17-4)18-5)12-21-11-10-20-9-8-19-7-6-15-2/h14H,6-13H2,1-5H3. The zero-order valence-corrected chi connectivity index (χ0v) is 15.6. The molecule has 0 aromatic heterocycles. The molecular weight excluding hydrogens is 308 g/mol. The maximum Gasteiger partial charge on any atom is 0.500 e. The van der Waals surface area contributed by atoms with E-state index in [4.69, 9.17) is 32.2 Å². The van der Waals surface area contributed by atoms with Gasteiger partial charge in [0, 0.05) is 41.1 Å². The van der Waals surface area contributed by atoms with Gasteiger partial charge in [0.05, 0.1) is 39.6 Å². The van der Waals surface area contributed by atoms with Gasteiger partial charge in [0.2, 0.25) is 0 Å². The third-order valence-corrected chi connectivity index (χ3v) is 6.17. The van der Waals surface area contributed by atoms with Gasteiger partial charge in [-0.05, 0) is 5.92 Å². The Bertz CT molecular complexity index is 231. The summed E-state index contributed by atoms with van der Waals surface area (Å²) < 4.78 is 37.3. The monoisotopic (exact) mass is 340 g/mol. The van der Waals surface area contributed by atoms with Crippen molar-refractivity contribution in [3.63, 3.8) is 0 Å². The number of methoxy groups -OCH3 is 1. The summed E-state index contributed by atoms with van der Waals surface area (Å²) in [6, 6.07) is 0.727. The second kappa shape index (κ2) is 14.5. The van der Waals surface area contributed by atoms with Gasteiger partial charge in [-0.3, -0.25) is 0 Å². The lowest BCUT2D eigenvalue weighted by atomic mass is 10.2. The van der Waals surface area contributed by atoms with Gasteiger partial charge in [-0.25, -0.2) is 0 Å². The Morgan fingerprint density at radius 2 is 1.14 bits per heavy atom. The smallest absolute Gasteiger partial charge is 0.382 e. The van der Waals surface area contributed by atoms with Crippen molar-refractivity contribution in [1.82, 2.24) is 0 Å². The summed E-state index contributed by atoms with van der Waals surface area (Å²) in [6.45, 7) is 6.17. The second-order valence-corrected chi connectivity index (χ2v) is 7.90. The van der Waals surface area contributed by atoms with E-state index in [1.807, 2.05) is 0 Å². The van der Waals surface area contributed by atoms with Crippen molar-refractivity contribution in [2.24, 2.45) is 5.92 Å². The van der Waals surface area contributed by atoms with E-state index < -0.39 is 8.80 Å². The molecule has 8 heteroatoms. The Morgan fingerprint density at radius 1 is 0.682 bits per heavy atom. The summed E-state index contributed by atoms with van der Waals surface area (Å²) in [6.07, 6.45) is 0. The first kappa shape index (κ1) is 21.9. The van der Waals surface area contributed by atoms with Crippen molar-refractivity contribution in [2.75, 3.05) is 74.7 Å². The molecule has 0 aromatic rings. The third-order valence-electron chi connectivity index (χ3n) is 3.11. The molecule has 0 saturated carbocycles. The minimum absolute atomic E-state index is 0.295. The van der Waals surface area contributed by atoms with Gasteiger partial charge in [-0.2, -0.15) is 0 Å². The molecule has 0 aliphatic carbocycles. The van der Waals surface area contributed by atoms with E-state index in [9.17, 15) is 0 Å². The van der Waals surface area contributed by atoms with Crippen LogP contribution in [0.25, 0.3) is 0 Å². The van der Waals surface area contributed by atoms with E-state index in [0.717, 1.165) is 6.04 Å². The van der Waals surface area contributed by atoms with Crippen molar-refractivity contribution in [3.8, 4) is 0 Å². The topological polar surface area (TPSA) is 64.6 Å². The van der Waals surface area contributed by atoms with Crippen molar-refractivity contribution in [3.05, 3.63) is 0 Å². The van der Waals surface area contributed by atoms with Gasteiger partial charge in [0.15, 0.2) is 0 Å². The van der Waals surface area contributed by atoms with Gasteiger partial charge < -0.3 is 32.2 Å². The molecule has 22 heavy (non-hydrogen) atoms. The maximum atomic E-state index is 5.59. The molecule has 0 saturated heterocycles. The van der Waals surface area contributed by atoms with Gasteiger partial charge in [0.25, 0.3) is 0 Å². The molecule has 0 rings (SSSR count). The van der Waals surface area contributed by atoms with Crippen molar-refractivity contribution >= 4 is 8.80 Å². The number of hydrogen-bond acceptors (Lipinski definition) is 7. The summed E-state index contributed by atoms with van der Waals surface area (Å²) in [5, 5.41) is 0. The molecule has 1 atom stereocenters. The molecule has 0 radical (unpaired) electrons. The average Bonchev–Trinajstić information content (AvgIpc) is 2.54. The average molecular weight is 340 g/mol. The summed E-state index contributed by atoms with van der Waals surface area (Å²) in [5.41, 5.74) is 0. The summed E-state index contributed by atoms with van der Waals surface area (Å²) >= 11 is 0. The third kappa shape index (κ3) is 10.6. The first-order valence-electron chi connectivity index (χ1n) is 7.51. The van der Waals surface area contributed by atoms with E-state index in [-0.39, 0.29) is 0 Å². The summed E-state index contributed by atoms with van der Waals surface area (Å²) in [5.74, 6) is 0.295. The predicted octanol–water partition coefficient (Wildman–Crippen LogP) is 1.20. The molecule has 0 fully saturated rings. The van der Waals surface area contributed by atoms with E-state index in [1.165, 1.54) is 0 Å². The van der Waals surface area contributed by atoms with Gasteiger partial charge in [-0.15, -0.1) is 0 Å². The normalized spacial score (nSPS) is 13.5. The quantitative estimate of drug-likeness (QED) is 0.309. The Kier molecular flexibility index (Phi) is 14.5. The van der Waals surface area contributed by atoms with Crippen LogP contribution in [0.1, 0.15) is 6.92 Å². The Hall–Kier alpha value is -0.0631. The Morgan fingerprint density at radius 3 is 1.59 bits per heavy atom. The van der Waals surface area contributed by atoms with Crippen LogP contribution in [-0.2, 0) is 32.2 Å². The molecule has 134 valence electrons. The van der Waals surface area contributed by atoms with Crippen LogP contribution in [0.2, 0.25) is 6.04 Å². The number of rotatable bonds is 16. The lowest BCUT2D eigenvalue weighted by Crippen LogP contribution is -2.44. The molecule has 7 nitrogen and oxygen atoms in total. The highest BCUT2D eigenvalue weighted by Gasteiger charge is 2.39. The van der Waals surface area contributed by atoms with Crippen LogP contribution >= 0.6 is 0 Å². The van der Waals surface area contributed by atoms with Crippen LogP contribution in [0, 0.1) is 5.92 Å². The molecule has 1 unspecified atom stereocenters. The van der Waals surface area contributed by atoms with Crippen LogP contribution in [0.5, 0.6) is 0 Å².